The quantitative estimate of drug-likeness (QED) is 0.458. The Bertz CT molecular complexity index is 1210. The van der Waals surface area contributed by atoms with Crippen molar-refractivity contribution in [2.24, 2.45) is 0 Å². The molecule has 186 valence electrons. The van der Waals surface area contributed by atoms with Crippen LogP contribution in [0.2, 0.25) is 0 Å². The lowest BCUT2D eigenvalue weighted by atomic mass is 10.1. The van der Waals surface area contributed by atoms with E-state index in [1.54, 1.807) is 30.3 Å². The van der Waals surface area contributed by atoms with E-state index in [1.807, 2.05) is 42.2 Å². The number of nitrogens with zero attached hydrogens (tertiary/aromatic N) is 3. The molecule has 3 aromatic carbocycles. The first-order valence-corrected chi connectivity index (χ1v) is 12.0. The highest BCUT2D eigenvalue weighted by molar-refractivity contribution is 5.78. The maximum absolute atomic E-state index is 13.2. The average molecular weight is 488 g/mol. The monoisotopic (exact) mass is 487 g/mol. The number of carbonyl (C=O) groups excluding carboxylic acids is 1. The van der Waals surface area contributed by atoms with Crippen molar-refractivity contribution < 1.29 is 18.7 Å². The van der Waals surface area contributed by atoms with E-state index >= 15 is 0 Å². The summed E-state index contributed by atoms with van der Waals surface area (Å²) >= 11 is 0. The minimum atomic E-state index is -0.244. The average Bonchev–Trinajstić information content (AvgIpc) is 2.90. The summed E-state index contributed by atoms with van der Waals surface area (Å²) in [5, 5.41) is 9.28. The number of ether oxygens (including phenoxy) is 2. The normalized spacial score (nSPS) is 17.9. The molecule has 0 unspecified atom stereocenters. The van der Waals surface area contributed by atoms with Crippen molar-refractivity contribution in [2.45, 2.75) is 39.1 Å². The van der Waals surface area contributed by atoms with Gasteiger partial charge < -0.3 is 14.4 Å². The minimum Gasteiger partial charge on any atom is -0.485 e. The molecule has 1 fully saturated rings. The maximum Gasteiger partial charge on any atom is 0.260 e. The van der Waals surface area contributed by atoms with Crippen LogP contribution in [0.1, 0.15) is 30.5 Å². The number of amides is 1. The molecule has 7 heteroatoms. The van der Waals surface area contributed by atoms with Gasteiger partial charge in [-0.15, -0.1) is 0 Å². The smallest absolute Gasteiger partial charge is 0.260 e. The fourth-order valence-corrected chi connectivity index (χ4v) is 4.36. The van der Waals surface area contributed by atoms with Gasteiger partial charge in [0, 0.05) is 37.8 Å². The Morgan fingerprint density at radius 2 is 1.69 bits per heavy atom. The summed E-state index contributed by atoms with van der Waals surface area (Å²) in [5.41, 5.74) is 2.49. The van der Waals surface area contributed by atoms with E-state index in [1.165, 1.54) is 12.1 Å². The van der Waals surface area contributed by atoms with Crippen LogP contribution >= 0.6 is 0 Å². The summed E-state index contributed by atoms with van der Waals surface area (Å²) in [7, 11) is 0. The Labute approximate surface area is 211 Å². The number of hydrogen-bond acceptors (Lipinski definition) is 5. The van der Waals surface area contributed by atoms with Gasteiger partial charge in [0.1, 0.15) is 12.4 Å². The molecule has 0 spiro atoms. The van der Waals surface area contributed by atoms with E-state index in [9.17, 15) is 14.4 Å². The zero-order valence-electron chi connectivity index (χ0n) is 20.6. The largest absolute Gasteiger partial charge is 0.485 e. The Morgan fingerprint density at radius 3 is 2.42 bits per heavy atom. The molecule has 0 aliphatic carbocycles. The van der Waals surface area contributed by atoms with E-state index in [-0.39, 0.29) is 30.4 Å². The lowest BCUT2D eigenvalue weighted by Gasteiger charge is -2.44. The molecule has 1 saturated heterocycles. The van der Waals surface area contributed by atoms with Crippen LogP contribution in [0.25, 0.3) is 0 Å². The second-order valence-electron chi connectivity index (χ2n) is 9.14. The third-order valence-electron chi connectivity index (χ3n) is 6.40. The predicted molar refractivity (Wildman–Crippen MR) is 135 cm³/mol. The van der Waals surface area contributed by atoms with Gasteiger partial charge in [0.2, 0.25) is 0 Å². The van der Waals surface area contributed by atoms with E-state index in [4.69, 9.17) is 9.47 Å². The Hall–Kier alpha value is -3.89. The van der Waals surface area contributed by atoms with Crippen LogP contribution in [0, 0.1) is 17.1 Å². The summed E-state index contributed by atoms with van der Waals surface area (Å²) < 4.78 is 25.0. The minimum absolute atomic E-state index is 0.00696. The van der Waals surface area contributed by atoms with Gasteiger partial charge in [0.05, 0.1) is 11.6 Å². The molecule has 2 atom stereocenters. The number of halogens is 1. The van der Waals surface area contributed by atoms with Crippen LogP contribution in [0.3, 0.4) is 0 Å². The van der Waals surface area contributed by atoms with Crippen molar-refractivity contribution in [3.63, 3.8) is 0 Å². The van der Waals surface area contributed by atoms with E-state index in [0.717, 1.165) is 11.1 Å². The van der Waals surface area contributed by atoms with Crippen LogP contribution in [-0.4, -0.2) is 47.5 Å². The molecular weight excluding hydrogens is 457 g/mol. The van der Waals surface area contributed by atoms with Crippen LogP contribution in [0.5, 0.6) is 11.5 Å². The van der Waals surface area contributed by atoms with Gasteiger partial charge in [-0.25, -0.2) is 4.39 Å². The molecule has 1 aliphatic rings. The fraction of sp³-hybridized carbons (Fsp3) is 0.310. The summed E-state index contributed by atoms with van der Waals surface area (Å²) in [6, 6.07) is 23.5. The summed E-state index contributed by atoms with van der Waals surface area (Å²) in [6.45, 7) is 6.32. The van der Waals surface area contributed by atoms with Gasteiger partial charge in [0.15, 0.2) is 18.1 Å². The van der Waals surface area contributed by atoms with Crippen LogP contribution in [-0.2, 0) is 17.9 Å². The standard InChI is InChI=1S/C29H30FN3O3/c1-21-17-33(22(2)16-32(21)18-23-8-11-26(30)12-9-23)29(34)20-36-27-13-10-25(15-31)14-28(27)35-19-24-6-4-3-5-7-24/h3-14,21-22H,16-20H2,1-2H3/t21-,22+/m0/s1. The molecule has 6 nitrogen and oxygen atoms in total. The van der Waals surface area contributed by atoms with Crippen molar-refractivity contribution in [3.05, 3.63) is 95.3 Å². The lowest BCUT2D eigenvalue weighted by molar-refractivity contribution is -0.139. The number of rotatable bonds is 8. The first kappa shape index (κ1) is 25.2. The Kier molecular flexibility index (Phi) is 8.19. The van der Waals surface area contributed by atoms with E-state index < -0.39 is 0 Å². The Balaban J connectivity index is 1.36. The molecule has 0 aromatic heterocycles. The molecule has 1 amide bonds. The first-order valence-electron chi connectivity index (χ1n) is 12.0. The first-order chi connectivity index (χ1) is 17.4. The van der Waals surface area contributed by atoms with Crippen molar-refractivity contribution >= 4 is 5.91 Å². The number of benzene rings is 3. The number of hydrogen-bond donors (Lipinski definition) is 0. The zero-order chi connectivity index (χ0) is 25.5. The summed E-state index contributed by atoms with van der Waals surface area (Å²) in [6.07, 6.45) is 0. The lowest BCUT2D eigenvalue weighted by Crippen LogP contribution is -2.58. The molecule has 0 radical (unpaired) electrons. The number of nitriles is 1. The van der Waals surface area contributed by atoms with Crippen molar-refractivity contribution in [1.82, 2.24) is 9.80 Å². The molecule has 3 aromatic rings. The van der Waals surface area contributed by atoms with Gasteiger partial charge in [-0.05, 0) is 49.2 Å². The molecule has 0 N–H and O–H groups in total. The summed E-state index contributed by atoms with van der Waals surface area (Å²) in [4.78, 5) is 17.2. The summed E-state index contributed by atoms with van der Waals surface area (Å²) in [5.74, 6) is 0.505. The van der Waals surface area contributed by atoms with Gasteiger partial charge in [-0.3, -0.25) is 9.69 Å². The van der Waals surface area contributed by atoms with Gasteiger partial charge in [-0.2, -0.15) is 5.26 Å². The third-order valence-corrected chi connectivity index (χ3v) is 6.40. The van der Waals surface area contributed by atoms with Gasteiger partial charge in [-0.1, -0.05) is 42.5 Å². The van der Waals surface area contributed by atoms with E-state index in [0.29, 0.717) is 43.3 Å². The predicted octanol–water partition coefficient (Wildman–Crippen LogP) is 4.78. The maximum atomic E-state index is 13.2. The molecule has 1 aliphatic heterocycles. The van der Waals surface area contributed by atoms with Gasteiger partial charge in [0.25, 0.3) is 5.91 Å². The number of piperazine rings is 1. The van der Waals surface area contributed by atoms with E-state index in [2.05, 4.69) is 17.9 Å². The van der Waals surface area contributed by atoms with Crippen molar-refractivity contribution in [2.75, 3.05) is 19.7 Å². The van der Waals surface area contributed by atoms with Crippen LogP contribution < -0.4 is 9.47 Å². The zero-order valence-corrected chi connectivity index (χ0v) is 20.6. The highest BCUT2D eigenvalue weighted by Crippen LogP contribution is 2.29. The SMILES string of the molecule is C[C@@H]1CN(Cc2ccc(F)cc2)[C@@H](C)CN1C(=O)COc1ccc(C#N)cc1OCc1ccccc1. The number of carbonyl (C=O) groups is 1. The highest BCUT2D eigenvalue weighted by Gasteiger charge is 2.32. The topological polar surface area (TPSA) is 65.8 Å². The molecule has 4 rings (SSSR count). The third kappa shape index (κ3) is 6.41. The highest BCUT2D eigenvalue weighted by atomic mass is 19.1. The second kappa shape index (κ2) is 11.7. The molecule has 0 bridgehead atoms. The van der Waals surface area contributed by atoms with Crippen LogP contribution in [0.15, 0.2) is 72.8 Å². The molecule has 36 heavy (non-hydrogen) atoms. The molecule has 0 saturated carbocycles. The fourth-order valence-electron chi connectivity index (χ4n) is 4.36. The van der Waals surface area contributed by atoms with Crippen molar-refractivity contribution in [1.29, 1.82) is 5.26 Å². The second-order valence-corrected chi connectivity index (χ2v) is 9.14. The van der Waals surface area contributed by atoms with Crippen LogP contribution in [0.4, 0.5) is 4.39 Å². The molecule has 1 heterocycles. The Morgan fingerprint density at radius 1 is 0.944 bits per heavy atom. The van der Waals surface area contributed by atoms with Gasteiger partial charge >= 0.3 is 0 Å². The van der Waals surface area contributed by atoms with Crippen molar-refractivity contribution in [3.8, 4) is 17.6 Å². The molecular formula is C29H30FN3O3.